The van der Waals surface area contributed by atoms with Crippen molar-refractivity contribution in [3.63, 3.8) is 0 Å². The lowest BCUT2D eigenvalue weighted by atomic mass is 10.1. The molecule has 1 atom stereocenters. The Morgan fingerprint density at radius 2 is 1.70 bits per heavy atom. The summed E-state index contributed by atoms with van der Waals surface area (Å²) >= 11 is 1.14. The van der Waals surface area contributed by atoms with E-state index in [0.717, 1.165) is 11.8 Å². The van der Waals surface area contributed by atoms with Crippen LogP contribution in [0.3, 0.4) is 0 Å². The van der Waals surface area contributed by atoms with Gasteiger partial charge >= 0.3 is 0 Å². The number of hydrogen-bond acceptors (Lipinski definition) is 7. The predicted molar refractivity (Wildman–Crippen MR) is 98.9 cm³/mol. The average Bonchev–Trinajstić information content (AvgIpc) is 3.16. The van der Waals surface area contributed by atoms with Crippen molar-refractivity contribution in [2.45, 2.75) is 17.4 Å². The van der Waals surface area contributed by atoms with Crippen molar-refractivity contribution in [1.29, 1.82) is 0 Å². The number of Topliss-reactive ketones (excluding diaryl/α,β-unsaturated/α-hetero) is 1. The maximum Gasteiger partial charge on any atom is 0.277 e. The molecule has 3 rings (SSSR count). The Hall–Kier alpha value is -2.87. The fourth-order valence-electron chi connectivity index (χ4n) is 2.36. The minimum atomic E-state index is -0.469. The standard InChI is InChI=1S/C19H17FN2O4S/c1-11(17(23)12-4-6-14(20)7-5-12)27-19-22-21-18(26-19)13-8-15(24-2)10-16(9-13)25-3/h4-11H,1-3H3. The van der Waals surface area contributed by atoms with Gasteiger partial charge in [-0.2, -0.15) is 0 Å². The molecule has 0 spiro atoms. The van der Waals surface area contributed by atoms with Gasteiger partial charge in [-0.3, -0.25) is 4.79 Å². The van der Waals surface area contributed by atoms with Crippen molar-refractivity contribution < 1.29 is 23.1 Å². The average molecular weight is 388 g/mol. The van der Waals surface area contributed by atoms with Crippen molar-refractivity contribution >= 4 is 17.5 Å². The van der Waals surface area contributed by atoms with Gasteiger partial charge in [0.05, 0.1) is 19.5 Å². The summed E-state index contributed by atoms with van der Waals surface area (Å²) < 4.78 is 29.1. The molecule has 0 bridgehead atoms. The second kappa shape index (κ2) is 8.22. The molecule has 0 aliphatic heterocycles. The molecule has 1 heterocycles. The normalized spacial score (nSPS) is 11.9. The molecule has 0 radical (unpaired) electrons. The van der Waals surface area contributed by atoms with E-state index in [4.69, 9.17) is 13.9 Å². The number of thioether (sulfide) groups is 1. The van der Waals surface area contributed by atoms with Crippen molar-refractivity contribution in [2.75, 3.05) is 14.2 Å². The molecule has 1 unspecified atom stereocenters. The summed E-state index contributed by atoms with van der Waals surface area (Å²) in [4.78, 5) is 12.4. The quantitative estimate of drug-likeness (QED) is 0.442. The third-order valence-electron chi connectivity index (χ3n) is 3.78. The molecule has 0 N–H and O–H groups in total. The Bertz CT molecular complexity index is 921. The number of carbonyl (C=O) groups is 1. The largest absolute Gasteiger partial charge is 0.497 e. The van der Waals surface area contributed by atoms with Gasteiger partial charge in [0.15, 0.2) is 5.78 Å². The molecule has 0 amide bonds. The molecule has 27 heavy (non-hydrogen) atoms. The van der Waals surface area contributed by atoms with Crippen LogP contribution in [0.1, 0.15) is 17.3 Å². The van der Waals surface area contributed by atoms with Crippen LogP contribution in [0.2, 0.25) is 0 Å². The number of nitrogens with zero attached hydrogens (tertiary/aromatic N) is 2. The first kappa shape index (κ1) is 18.9. The van der Waals surface area contributed by atoms with Crippen LogP contribution in [0.15, 0.2) is 52.1 Å². The van der Waals surface area contributed by atoms with Crippen molar-refractivity contribution in [3.05, 3.63) is 53.8 Å². The van der Waals surface area contributed by atoms with Gasteiger partial charge in [0.2, 0.25) is 5.89 Å². The SMILES string of the molecule is COc1cc(OC)cc(-c2nnc(SC(C)C(=O)c3ccc(F)cc3)o2)c1. The monoisotopic (exact) mass is 388 g/mol. The zero-order chi connectivity index (χ0) is 19.4. The lowest BCUT2D eigenvalue weighted by Gasteiger charge is -2.07. The molecule has 0 saturated heterocycles. The first-order valence-corrected chi connectivity index (χ1v) is 8.91. The summed E-state index contributed by atoms with van der Waals surface area (Å²) in [6, 6.07) is 10.7. The second-order valence-electron chi connectivity index (χ2n) is 5.61. The van der Waals surface area contributed by atoms with E-state index >= 15 is 0 Å². The number of halogens is 1. The first-order valence-electron chi connectivity index (χ1n) is 8.03. The smallest absolute Gasteiger partial charge is 0.277 e. The number of aromatic nitrogens is 2. The molecule has 6 nitrogen and oxygen atoms in total. The van der Waals surface area contributed by atoms with Crippen LogP contribution in [0.4, 0.5) is 4.39 Å². The fraction of sp³-hybridized carbons (Fsp3) is 0.211. The van der Waals surface area contributed by atoms with E-state index in [1.165, 1.54) is 24.3 Å². The van der Waals surface area contributed by atoms with E-state index in [1.807, 2.05) is 0 Å². The number of hydrogen-bond donors (Lipinski definition) is 0. The zero-order valence-corrected chi connectivity index (χ0v) is 15.7. The van der Waals surface area contributed by atoms with Gasteiger partial charge < -0.3 is 13.9 Å². The highest BCUT2D eigenvalue weighted by molar-refractivity contribution is 8.00. The van der Waals surface area contributed by atoms with Crippen LogP contribution in [-0.4, -0.2) is 35.5 Å². The number of carbonyl (C=O) groups excluding carboxylic acids is 1. The number of ketones is 1. The van der Waals surface area contributed by atoms with E-state index in [-0.39, 0.29) is 22.7 Å². The van der Waals surface area contributed by atoms with Crippen molar-refractivity contribution in [3.8, 4) is 23.0 Å². The summed E-state index contributed by atoms with van der Waals surface area (Å²) in [5.74, 6) is 0.939. The predicted octanol–water partition coefficient (Wildman–Crippen LogP) is 4.26. The Morgan fingerprint density at radius 3 is 2.30 bits per heavy atom. The Morgan fingerprint density at radius 1 is 1.07 bits per heavy atom. The first-order chi connectivity index (χ1) is 13.0. The number of benzene rings is 2. The maximum atomic E-state index is 13.0. The highest BCUT2D eigenvalue weighted by Gasteiger charge is 2.20. The van der Waals surface area contributed by atoms with Gasteiger partial charge in [-0.25, -0.2) is 4.39 Å². The molecule has 140 valence electrons. The van der Waals surface area contributed by atoms with Gasteiger partial charge in [0, 0.05) is 17.2 Å². The summed E-state index contributed by atoms with van der Waals surface area (Å²) in [5, 5.41) is 7.80. The molecule has 1 aromatic heterocycles. The van der Waals surface area contributed by atoms with Gasteiger partial charge in [-0.05, 0) is 43.3 Å². The molecule has 3 aromatic rings. The Balaban J connectivity index is 1.76. The van der Waals surface area contributed by atoms with E-state index in [9.17, 15) is 9.18 Å². The van der Waals surface area contributed by atoms with Crippen LogP contribution >= 0.6 is 11.8 Å². The van der Waals surface area contributed by atoms with E-state index in [2.05, 4.69) is 10.2 Å². The van der Waals surface area contributed by atoms with E-state index in [0.29, 0.717) is 22.6 Å². The van der Waals surface area contributed by atoms with Crippen LogP contribution in [0, 0.1) is 5.82 Å². The molecule has 0 saturated carbocycles. The molecular formula is C19H17FN2O4S. The highest BCUT2D eigenvalue weighted by atomic mass is 32.2. The minimum Gasteiger partial charge on any atom is -0.497 e. The third kappa shape index (κ3) is 4.46. The summed E-state index contributed by atoms with van der Waals surface area (Å²) in [7, 11) is 3.10. The number of rotatable bonds is 7. The van der Waals surface area contributed by atoms with Gasteiger partial charge in [-0.1, -0.05) is 11.8 Å². The highest BCUT2D eigenvalue weighted by Crippen LogP contribution is 2.32. The van der Waals surface area contributed by atoms with Crippen LogP contribution in [0.5, 0.6) is 11.5 Å². The Labute approximate surface area is 159 Å². The second-order valence-corrected chi connectivity index (χ2v) is 6.90. The van der Waals surface area contributed by atoms with Crippen molar-refractivity contribution in [2.24, 2.45) is 0 Å². The van der Waals surface area contributed by atoms with E-state index < -0.39 is 5.25 Å². The van der Waals surface area contributed by atoms with E-state index in [1.54, 1.807) is 39.3 Å². The third-order valence-corrected chi connectivity index (χ3v) is 4.71. The molecule has 0 aliphatic rings. The zero-order valence-electron chi connectivity index (χ0n) is 14.9. The fourth-order valence-corrected chi connectivity index (χ4v) is 3.12. The van der Waals surface area contributed by atoms with Crippen LogP contribution in [0.25, 0.3) is 11.5 Å². The minimum absolute atomic E-state index is 0.150. The number of methoxy groups -OCH3 is 2. The summed E-state index contributed by atoms with van der Waals surface area (Å²) in [6.07, 6.45) is 0. The molecule has 0 aliphatic carbocycles. The molecule has 0 fully saturated rings. The summed E-state index contributed by atoms with van der Waals surface area (Å²) in [6.45, 7) is 1.73. The van der Waals surface area contributed by atoms with Gasteiger partial charge in [0.1, 0.15) is 17.3 Å². The Kier molecular flexibility index (Phi) is 5.75. The number of ether oxygens (including phenoxy) is 2. The van der Waals surface area contributed by atoms with Gasteiger partial charge in [-0.15, -0.1) is 10.2 Å². The lowest BCUT2D eigenvalue weighted by molar-refractivity contribution is 0.0993. The topological polar surface area (TPSA) is 74.5 Å². The van der Waals surface area contributed by atoms with Crippen LogP contribution in [-0.2, 0) is 0 Å². The van der Waals surface area contributed by atoms with Crippen molar-refractivity contribution in [1.82, 2.24) is 10.2 Å². The lowest BCUT2D eigenvalue weighted by Crippen LogP contribution is -2.13. The summed E-state index contributed by atoms with van der Waals surface area (Å²) in [5.41, 5.74) is 1.07. The molecule has 8 heteroatoms. The van der Waals surface area contributed by atoms with Gasteiger partial charge in [0.25, 0.3) is 5.22 Å². The van der Waals surface area contributed by atoms with Crippen LogP contribution < -0.4 is 9.47 Å². The molecule has 2 aromatic carbocycles. The molecular weight excluding hydrogens is 371 g/mol. The maximum absolute atomic E-state index is 13.0.